The zero-order valence-electron chi connectivity index (χ0n) is 13.6. The zero-order valence-corrected chi connectivity index (χ0v) is 13.6. The third-order valence-electron chi connectivity index (χ3n) is 4.22. The topological polar surface area (TPSA) is 83.0 Å². The number of aromatic nitrogens is 3. The number of fused-ring (bicyclic) bond motifs is 1. The van der Waals surface area contributed by atoms with E-state index in [-0.39, 0.29) is 11.4 Å². The van der Waals surface area contributed by atoms with Crippen LogP contribution in [0.2, 0.25) is 0 Å². The standard InChI is InChI=1S/C19H14N4O3/c24-19-21(13-14-8-10-20-11-9-14)17-6-1-2-7-18(17)22(19)15-4-3-5-16(12-15)23(25)26/h1-12H,13H2. The number of nitro groups is 1. The van der Waals surface area contributed by atoms with Crippen LogP contribution in [0, 0.1) is 10.1 Å². The minimum absolute atomic E-state index is 0.0552. The summed E-state index contributed by atoms with van der Waals surface area (Å²) in [6.07, 6.45) is 3.36. The summed E-state index contributed by atoms with van der Waals surface area (Å²) in [6.45, 7) is 0.393. The van der Waals surface area contributed by atoms with Gasteiger partial charge in [0.15, 0.2) is 0 Å². The van der Waals surface area contributed by atoms with Gasteiger partial charge < -0.3 is 0 Å². The van der Waals surface area contributed by atoms with E-state index >= 15 is 0 Å². The Hall–Kier alpha value is -3.74. The highest BCUT2D eigenvalue weighted by atomic mass is 16.6. The van der Waals surface area contributed by atoms with E-state index in [9.17, 15) is 14.9 Å². The number of benzene rings is 2. The van der Waals surface area contributed by atoms with E-state index in [2.05, 4.69) is 4.98 Å². The van der Waals surface area contributed by atoms with Gasteiger partial charge in [-0.15, -0.1) is 0 Å². The van der Waals surface area contributed by atoms with Crippen molar-refractivity contribution in [1.82, 2.24) is 14.1 Å². The van der Waals surface area contributed by atoms with Crippen LogP contribution in [0.3, 0.4) is 0 Å². The van der Waals surface area contributed by atoms with E-state index in [1.165, 1.54) is 16.7 Å². The van der Waals surface area contributed by atoms with Crippen molar-refractivity contribution < 1.29 is 4.92 Å². The number of nitro benzene ring substituents is 1. The number of pyridine rings is 1. The van der Waals surface area contributed by atoms with Crippen LogP contribution in [-0.4, -0.2) is 19.0 Å². The Morgan fingerprint density at radius 2 is 1.69 bits per heavy atom. The predicted octanol–water partition coefficient (Wildman–Crippen LogP) is 3.14. The van der Waals surface area contributed by atoms with Gasteiger partial charge >= 0.3 is 5.69 Å². The summed E-state index contributed by atoms with van der Waals surface area (Å²) in [5, 5.41) is 11.1. The molecule has 0 bridgehead atoms. The van der Waals surface area contributed by atoms with Crippen molar-refractivity contribution in [3.63, 3.8) is 0 Å². The van der Waals surface area contributed by atoms with Crippen LogP contribution in [0.25, 0.3) is 16.7 Å². The predicted molar refractivity (Wildman–Crippen MR) is 97.5 cm³/mol. The third kappa shape index (κ3) is 2.65. The van der Waals surface area contributed by atoms with Gasteiger partial charge in [0.1, 0.15) is 0 Å². The average molecular weight is 346 g/mol. The molecule has 0 saturated carbocycles. The molecular formula is C19H14N4O3. The quantitative estimate of drug-likeness (QED) is 0.420. The fourth-order valence-electron chi connectivity index (χ4n) is 3.03. The van der Waals surface area contributed by atoms with E-state index in [1.54, 1.807) is 29.1 Å². The lowest BCUT2D eigenvalue weighted by Gasteiger charge is -2.03. The first-order valence-corrected chi connectivity index (χ1v) is 7.99. The Labute approximate surface area is 147 Å². The van der Waals surface area contributed by atoms with E-state index in [4.69, 9.17) is 0 Å². The summed E-state index contributed by atoms with van der Waals surface area (Å²) < 4.78 is 3.16. The SMILES string of the molecule is O=c1n(Cc2ccncc2)c2ccccc2n1-c1cccc([N+](=O)[O-])c1. The molecule has 4 rings (SSSR count). The van der Waals surface area contributed by atoms with Gasteiger partial charge in [0.05, 0.1) is 28.2 Å². The van der Waals surface area contributed by atoms with E-state index in [0.29, 0.717) is 17.7 Å². The summed E-state index contributed by atoms with van der Waals surface area (Å²) in [7, 11) is 0. The molecule has 2 aromatic heterocycles. The Morgan fingerprint density at radius 1 is 0.962 bits per heavy atom. The molecule has 7 heteroatoms. The Balaban J connectivity index is 1.94. The number of rotatable bonds is 4. The summed E-state index contributed by atoms with van der Waals surface area (Å²) in [5.41, 5.74) is 2.58. The smallest absolute Gasteiger partial charge is 0.287 e. The molecule has 0 aliphatic rings. The molecule has 4 aromatic rings. The lowest BCUT2D eigenvalue weighted by Crippen LogP contribution is -2.23. The molecule has 0 fully saturated rings. The zero-order chi connectivity index (χ0) is 18.1. The minimum Gasteiger partial charge on any atom is -0.287 e. The van der Waals surface area contributed by atoms with Crippen molar-refractivity contribution in [2.45, 2.75) is 6.54 Å². The van der Waals surface area contributed by atoms with Crippen molar-refractivity contribution in [1.29, 1.82) is 0 Å². The maximum Gasteiger partial charge on any atom is 0.334 e. The van der Waals surface area contributed by atoms with Gasteiger partial charge in [0.25, 0.3) is 5.69 Å². The van der Waals surface area contributed by atoms with Crippen molar-refractivity contribution in [2.75, 3.05) is 0 Å². The number of hydrogen-bond donors (Lipinski definition) is 0. The Bertz CT molecular complexity index is 1160. The normalized spacial score (nSPS) is 10.9. The lowest BCUT2D eigenvalue weighted by molar-refractivity contribution is -0.384. The molecule has 0 saturated heterocycles. The fourth-order valence-corrected chi connectivity index (χ4v) is 3.03. The summed E-state index contributed by atoms with van der Waals surface area (Å²) in [4.78, 5) is 27.7. The Kier molecular flexibility index (Phi) is 3.81. The molecule has 0 unspecified atom stereocenters. The molecule has 0 atom stereocenters. The van der Waals surface area contributed by atoms with Crippen LogP contribution in [0.15, 0.2) is 77.9 Å². The maximum absolute atomic E-state index is 13.1. The molecule has 0 aliphatic heterocycles. The van der Waals surface area contributed by atoms with Crippen LogP contribution in [0.1, 0.15) is 5.56 Å². The monoisotopic (exact) mass is 346 g/mol. The van der Waals surface area contributed by atoms with E-state index in [1.807, 2.05) is 36.4 Å². The number of imidazole rings is 1. The van der Waals surface area contributed by atoms with Crippen LogP contribution in [-0.2, 0) is 6.54 Å². The molecule has 7 nitrogen and oxygen atoms in total. The minimum atomic E-state index is -0.468. The molecule has 0 aliphatic carbocycles. The van der Waals surface area contributed by atoms with Crippen LogP contribution < -0.4 is 5.69 Å². The molecule has 0 amide bonds. The molecule has 0 radical (unpaired) electrons. The molecule has 2 aromatic carbocycles. The third-order valence-corrected chi connectivity index (χ3v) is 4.22. The second kappa shape index (κ2) is 6.29. The van der Waals surface area contributed by atoms with Crippen molar-refractivity contribution >= 4 is 16.7 Å². The van der Waals surface area contributed by atoms with Crippen molar-refractivity contribution in [3.05, 3.63) is 99.2 Å². The largest absolute Gasteiger partial charge is 0.334 e. The molecule has 128 valence electrons. The highest BCUT2D eigenvalue weighted by Gasteiger charge is 2.16. The number of para-hydroxylation sites is 2. The highest BCUT2D eigenvalue weighted by molar-refractivity contribution is 5.78. The number of non-ortho nitro benzene ring substituents is 1. The Morgan fingerprint density at radius 3 is 2.42 bits per heavy atom. The molecular weight excluding hydrogens is 332 g/mol. The van der Waals surface area contributed by atoms with Gasteiger partial charge in [-0.05, 0) is 35.9 Å². The van der Waals surface area contributed by atoms with Crippen molar-refractivity contribution in [2.24, 2.45) is 0 Å². The second-order valence-electron chi connectivity index (χ2n) is 5.83. The summed E-state index contributed by atoms with van der Waals surface area (Å²) >= 11 is 0. The van der Waals surface area contributed by atoms with Gasteiger partial charge in [-0.2, -0.15) is 0 Å². The number of nitrogens with zero attached hydrogens (tertiary/aromatic N) is 4. The van der Waals surface area contributed by atoms with Crippen LogP contribution in [0.5, 0.6) is 0 Å². The maximum atomic E-state index is 13.1. The van der Waals surface area contributed by atoms with Crippen LogP contribution >= 0.6 is 0 Å². The van der Waals surface area contributed by atoms with Gasteiger partial charge in [0.2, 0.25) is 0 Å². The van der Waals surface area contributed by atoms with Gasteiger partial charge in [-0.3, -0.25) is 24.2 Å². The molecule has 26 heavy (non-hydrogen) atoms. The molecule has 0 spiro atoms. The average Bonchev–Trinajstić information content (AvgIpc) is 2.94. The highest BCUT2D eigenvalue weighted by Crippen LogP contribution is 2.21. The molecule has 2 heterocycles. The van der Waals surface area contributed by atoms with Gasteiger partial charge in [-0.25, -0.2) is 4.79 Å². The van der Waals surface area contributed by atoms with Crippen molar-refractivity contribution in [3.8, 4) is 5.69 Å². The van der Waals surface area contributed by atoms with Crippen LogP contribution in [0.4, 0.5) is 5.69 Å². The fraction of sp³-hybridized carbons (Fsp3) is 0.0526. The van der Waals surface area contributed by atoms with E-state index < -0.39 is 4.92 Å². The second-order valence-corrected chi connectivity index (χ2v) is 5.83. The summed E-state index contributed by atoms with van der Waals surface area (Å²) in [6, 6.07) is 17.2. The molecule has 0 N–H and O–H groups in total. The first-order valence-electron chi connectivity index (χ1n) is 7.99. The number of hydrogen-bond acceptors (Lipinski definition) is 4. The summed E-state index contributed by atoms with van der Waals surface area (Å²) in [5.74, 6) is 0. The first kappa shape index (κ1) is 15.8. The first-order chi connectivity index (χ1) is 12.6. The van der Waals surface area contributed by atoms with Gasteiger partial charge in [0, 0.05) is 24.5 Å². The lowest BCUT2D eigenvalue weighted by atomic mass is 10.2. The van der Waals surface area contributed by atoms with Gasteiger partial charge in [-0.1, -0.05) is 18.2 Å². The van der Waals surface area contributed by atoms with E-state index in [0.717, 1.165) is 11.1 Å².